The van der Waals surface area contributed by atoms with Crippen LogP contribution in [-0.4, -0.2) is 22.0 Å². The molecule has 0 aliphatic carbocycles. The molecule has 0 amide bonds. The molecule has 0 atom stereocenters. The molecule has 0 unspecified atom stereocenters. The number of nitro groups is 1. The second kappa shape index (κ2) is 5.80. The fourth-order valence-corrected chi connectivity index (χ4v) is 1.39. The molecule has 104 valence electrons. The number of nitrogen functional groups attached to an aromatic ring is 1. The number of benzene rings is 1. The lowest BCUT2D eigenvalue weighted by Crippen LogP contribution is -2.11. The fraction of sp³-hybridized carbons (Fsp3) is 0.0909. The van der Waals surface area contributed by atoms with Gasteiger partial charge in [0.2, 0.25) is 5.95 Å². The molecule has 1 heterocycles. The molecule has 2 rings (SSSR count). The molecule has 0 spiro atoms. The van der Waals surface area contributed by atoms with Gasteiger partial charge in [0.15, 0.2) is 0 Å². The van der Waals surface area contributed by atoms with E-state index >= 15 is 0 Å². The van der Waals surface area contributed by atoms with E-state index in [9.17, 15) is 10.1 Å². The van der Waals surface area contributed by atoms with E-state index in [1.807, 2.05) is 0 Å². The number of ether oxygens (including phenoxy) is 2. The number of hydrazine groups is 1. The third-order valence-electron chi connectivity index (χ3n) is 2.34. The Morgan fingerprint density at radius 1 is 1.30 bits per heavy atom. The highest BCUT2D eigenvalue weighted by Gasteiger charge is 2.19. The molecular weight excluding hydrogens is 266 g/mol. The lowest BCUT2D eigenvalue weighted by atomic mass is 10.3. The van der Waals surface area contributed by atoms with E-state index in [4.69, 9.17) is 15.3 Å². The largest absolute Gasteiger partial charge is 0.497 e. The lowest BCUT2D eigenvalue weighted by Gasteiger charge is -2.07. The van der Waals surface area contributed by atoms with Crippen molar-refractivity contribution in [2.75, 3.05) is 12.5 Å². The molecule has 0 aliphatic heterocycles. The molecule has 1 aromatic heterocycles. The van der Waals surface area contributed by atoms with Crippen molar-refractivity contribution in [2.45, 2.75) is 0 Å². The summed E-state index contributed by atoms with van der Waals surface area (Å²) in [6.45, 7) is 0. The first-order chi connectivity index (χ1) is 9.63. The third-order valence-corrected chi connectivity index (χ3v) is 2.34. The van der Waals surface area contributed by atoms with E-state index in [0.29, 0.717) is 11.5 Å². The van der Waals surface area contributed by atoms with E-state index in [1.54, 1.807) is 24.3 Å². The molecule has 0 bridgehead atoms. The van der Waals surface area contributed by atoms with E-state index in [1.165, 1.54) is 7.11 Å². The highest BCUT2D eigenvalue weighted by molar-refractivity contribution is 5.45. The van der Waals surface area contributed by atoms with Gasteiger partial charge in [-0.25, -0.2) is 10.8 Å². The number of rotatable bonds is 5. The number of nitrogens with zero attached hydrogens (tertiary/aromatic N) is 3. The molecule has 0 saturated carbocycles. The van der Waals surface area contributed by atoms with Gasteiger partial charge >= 0.3 is 11.6 Å². The van der Waals surface area contributed by atoms with Gasteiger partial charge in [-0.3, -0.25) is 15.5 Å². The van der Waals surface area contributed by atoms with Gasteiger partial charge in [0.1, 0.15) is 17.7 Å². The van der Waals surface area contributed by atoms with Crippen molar-refractivity contribution in [3.63, 3.8) is 0 Å². The SMILES string of the molecule is COc1ccc(Oc2nc(NN)ncc2[N+](=O)[O-])cc1. The van der Waals surface area contributed by atoms with E-state index in [0.717, 1.165) is 6.20 Å². The monoisotopic (exact) mass is 277 g/mol. The summed E-state index contributed by atoms with van der Waals surface area (Å²) in [5.74, 6) is 5.98. The quantitative estimate of drug-likeness (QED) is 0.478. The molecular formula is C11H11N5O4. The van der Waals surface area contributed by atoms with Gasteiger partial charge < -0.3 is 9.47 Å². The molecule has 2 aromatic rings. The summed E-state index contributed by atoms with van der Waals surface area (Å²) < 4.78 is 10.4. The van der Waals surface area contributed by atoms with Crippen molar-refractivity contribution < 1.29 is 14.4 Å². The van der Waals surface area contributed by atoms with Crippen molar-refractivity contribution >= 4 is 11.6 Å². The molecule has 1 aromatic carbocycles. The number of hydrogen-bond donors (Lipinski definition) is 2. The Morgan fingerprint density at radius 3 is 2.50 bits per heavy atom. The van der Waals surface area contributed by atoms with E-state index < -0.39 is 4.92 Å². The smallest absolute Gasteiger partial charge is 0.349 e. The van der Waals surface area contributed by atoms with Crippen LogP contribution in [0.2, 0.25) is 0 Å². The minimum atomic E-state index is -0.640. The summed E-state index contributed by atoms with van der Waals surface area (Å²) in [6.07, 6.45) is 1.01. The van der Waals surface area contributed by atoms with Crippen molar-refractivity contribution in [3.05, 3.63) is 40.6 Å². The van der Waals surface area contributed by atoms with Crippen molar-refractivity contribution in [3.8, 4) is 17.4 Å². The number of nitrogens with two attached hydrogens (primary N) is 1. The van der Waals surface area contributed by atoms with Crippen molar-refractivity contribution in [1.82, 2.24) is 9.97 Å². The van der Waals surface area contributed by atoms with Crippen LogP contribution < -0.4 is 20.7 Å². The Morgan fingerprint density at radius 2 is 1.95 bits per heavy atom. The fourth-order valence-electron chi connectivity index (χ4n) is 1.39. The molecule has 0 aliphatic rings. The molecule has 9 nitrogen and oxygen atoms in total. The van der Waals surface area contributed by atoms with Gasteiger partial charge in [0, 0.05) is 0 Å². The van der Waals surface area contributed by atoms with Crippen LogP contribution >= 0.6 is 0 Å². The van der Waals surface area contributed by atoms with Crippen LogP contribution in [0.25, 0.3) is 0 Å². The molecule has 0 saturated heterocycles. The molecule has 0 fully saturated rings. The number of hydrogen-bond acceptors (Lipinski definition) is 8. The molecule has 9 heteroatoms. The van der Waals surface area contributed by atoms with E-state index in [-0.39, 0.29) is 17.5 Å². The number of anilines is 1. The lowest BCUT2D eigenvalue weighted by molar-refractivity contribution is -0.386. The normalized spacial score (nSPS) is 9.90. The first-order valence-electron chi connectivity index (χ1n) is 5.44. The van der Waals surface area contributed by atoms with Crippen LogP contribution in [0.1, 0.15) is 0 Å². The van der Waals surface area contributed by atoms with Crippen LogP contribution in [0.15, 0.2) is 30.5 Å². The van der Waals surface area contributed by atoms with Gasteiger partial charge in [0.25, 0.3) is 0 Å². The predicted octanol–water partition coefficient (Wildman–Crippen LogP) is 1.47. The highest BCUT2D eigenvalue weighted by atomic mass is 16.6. The standard InChI is InChI=1S/C11H11N5O4/c1-19-7-2-4-8(5-3-7)20-10-9(16(17)18)6-13-11(14-10)15-12/h2-6H,12H2,1H3,(H,13,14,15). The Hall–Kier alpha value is -2.94. The zero-order valence-electron chi connectivity index (χ0n) is 10.4. The summed E-state index contributed by atoms with van der Waals surface area (Å²) in [6, 6.07) is 6.51. The van der Waals surface area contributed by atoms with Gasteiger partial charge in [-0.15, -0.1) is 0 Å². The minimum Gasteiger partial charge on any atom is -0.497 e. The van der Waals surface area contributed by atoms with Gasteiger partial charge in [-0.05, 0) is 24.3 Å². The van der Waals surface area contributed by atoms with Gasteiger partial charge in [-0.1, -0.05) is 0 Å². The van der Waals surface area contributed by atoms with Crippen LogP contribution in [-0.2, 0) is 0 Å². The summed E-state index contributed by atoms with van der Waals surface area (Å²) >= 11 is 0. The topological polar surface area (TPSA) is 125 Å². The number of methoxy groups -OCH3 is 1. The summed E-state index contributed by atoms with van der Waals surface area (Å²) in [7, 11) is 1.53. The first kappa shape index (κ1) is 13.5. The summed E-state index contributed by atoms with van der Waals surface area (Å²) in [4.78, 5) is 17.7. The van der Waals surface area contributed by atoms with Crippen LogP contribution in [0.4, 0.5) is 11.6 Å². The van der Waals surface area contributed by atoms with Crippen molar-refractivity contribution in [1.29, 1.82) is 0 Å². The Balaban J connectivity index is 2.32. The maximum Gasteiger partial charge on any atom is 0.349 e. The Bertz CT molecular complexity index is 617. The summed E-state index contributed by atoms with van der Waals surface area (Å²) in [5.41, 5.74) is 1.83. The second-order valence-corrected chi connectivity index (χ2v) is 3.56. The average molecular weight is 277 g/mol. The average Bonchev–Trinajstić information content (AvgIpc) is 2.47. The molecule has 3 N–H and O–H groups in total. The highest BCUT2D eigenvalue weighted by Crippen LogP contribution is 2.30. The van der Waals surface area contributed by atoms with Crippen LogP contribution in [0, 0.1) is 10.1 Å². The number of aromatic nitrogens is 2. The van der Waals surface area contributed by atoms with Gasteiger partial charge in [0.05, 0.1) is 12.0 Å². The minimum absolute atomic E-state index is 0.0131. The Kier molecular flexibility index (Phi) is 3.91. The zero-order chi connectivity index (χ0) is 14.5. The maximum atomic E-state index is 10.9. The molecule has 0 radical (unpaired) electrons. The zero-order valence-corrected chi connectivity index (χ0v) is 10.4. The number of nitrogens with one attached hydrogen (secondary N) is 1. The van der Waals surface area contributed by atoms with Crippen molar-refractivity contribution in [2.24, 2.45) is 5.84 Å². The third kappa shape index (κ3) is 2.90. The Labute approximate surface area is 113 Å². The van der Waals surface area contributed by atoms with Gasteiger partial charge in [-0.2, -0.15) is 4.98 Å². The van der Waals surface area contributed by atoms with Crippen LogP contribution in [0.3, 0.4) is 0 Å². The maximum absolute atomic E-state index is 10.9. The second-order valence-electron chi connectivity index (χ2n) is 3.56. The first-order valence-corrected chi connectivity index (χ1v) is 5.44. The predicted molar refractivity (Wildman–Crippen MR) is 69.6 cm³/mol. The van der Waals surface area contributed by atoms with E-state index in [2.05, 4.69) is 15.4 Å². The molecule has 20 heavy (non-hydrogen) atoms. The van der Waals surface area contributed by atoms with Crippen LogP contribution in [0.5, 0.6) is 17.4 Å². The summed E-state index contributed by atoms with van der Waals surface area (Å²) in [5, 5.41) is 10.9.